The van der Waals surface area contributed by atoms with Gasteiger partial charge in [-0.3, -0.25) is 9.78 Å². The fourth-order valence-electron chi connectivity index (χ4n) is 3.95. The number of primary amides is 1. The molecule has 0 unspecified atom stereocenters. The Balaban J connectivity index is 1.63. The normalized spacial score (nSPS) is 17.9. The van der Waals surface area contributed by atoms with Gasteiger partial charge in [-0.1, -0.05) is 12.8 Å². The van der Waals surface area contributed by atoms with Crippen molar-refractivity contribution in [2.75, 3.05) is 17.7 Å². The van der Waals surface area contributed by atoms with Crippen LogP contribution in [-0.4, -0.2) is 35.1 Å². The largest absolute Gasteiger partial charge is 0.497 e. The van der Waals surface area contributed by atoms with Crippen LogP contribution in [0.25, 0.3) is 11.3 Å². The minimum absolute atomic E-state index is 0.0364. The number of amides is 1. The molecule has 0 radical (unpaired) electrons. The van der Waals surface area contributed by atoms with E-state index in [2.05, 4.69) is 20.6 Å². The first-order chi connectivity index (χ1) is 15.9. The molecular weight excluding hydrogens is 423 g/mol. The number of carbonyl (C=O) groups excluding carboxylic acids is 1. The maximum atomic E-state index is 14.7. The monoisotopic (exact) mass is 450 g/mol. The van der Waals surface area contributed by atoms with Crippen LogP contribution in [0.2, 0.25) is 0 Å². The molecule has 2 atom stereocenters. The number of pyridine rings is 2. The second-order valence-electron chi connectivity index (χ2n) is 8.06. The van der Waals surface area contributed by atoms with Crippen LogP contribution in [0.15, 0.2) is 48.7 Å². The van der Waals surface area contributed by atoms with Gasteiger partial charge in [-0.25, -0.2) is 9.37 Å². The van der Waals surface area contributed by atoms with E-state index in [0.717, 1.165) is 43.1 Å². The molecule has 1 amide bonds. The molecule has 1 fully saturated rings. The summed E-state index contributed by atoms with van der Waals surface area (Å²) in [5, 5.41) is 6.20. The smallest absolute Gasteiger partial charge is 0.252 e. The molecular formula is C24H27FN6O2. The lowest BCUT2D eigenvalue weighted by Crippen LogP contribution is -2.43. The lowest BCUT2D eigenvalue weighted by molar-refractivity contribution is 0.100. The third kappa shape index (κ3) is 5.20. The van der Waals surface area contributed by atoms with Gasteiger partial charge in [0, 0.05) is 29.5 Å². The van der Waals surface area contributed by atoms with E-state index in [0.29, 0.717) is 11.4 Å². The molecule has 2 aromatic heterocycles. The van der Waals surface area contributed by atoms with Crippen LogP contribution in [0.4, 0.5) is 21.7 Å². The van der Waals surface area contributed by atoms with E-state index >= 15 is 0 Å². The number of nitrogens with one attached hydrogen (secondary N) is 2. The minimum atomic E-state index is -0.783. The average molecular weight is 451 g/mol. The fourth-order valence-corrected chi connectivity index (χ4v) is 3.95. The van der Waals surface area contributed by atoms with Crippen molar-refractivity contribution in [2.45, 2.75) is 37.8 Å². The van der Waals surface area contributed by atoms with Crippen LogP contribution in [0.3, 0.4) is 0 Å². The van der Waals surface area contributed by atoms with E-state index in [1.807, 2.05) is 30.3 Å². The van der Waals surface area contributed by atoms with Crippen LogP contribution < -0.4 is 26.8 Å². The van der Waals surface area contributed by atoms with E-state index < -0.39 is 11.7 Å². The van der Waals surface area contributed by atoms with E-state index in [4.69, 9.17) is 16.2 Å². The van der Waals surface area contributed by atoms with Crippen molar-refractivity contribution in [3.63, 3.8) is 0 Å². The van der Waals surface area contributed by atoms with Gasteiger partial charge in [-0.2, -0.15) is 0 Å². The number of hydrogen-bond acceptors (Lipinski definition) is 7. The molecule has 1 aliphatic rings. The van der Waals surface area contributed by atoms with Crippen LogP contribution >= 0.6 is 0 Å². The number of anilines is 3. The van der Waals surface area contributed by atoms with Crippen LogP contribution in [-0.2, 0) is 0 Å². The topological polar surface area (TPSA) is 128 Å². The predicted octanol–water partition coefficient (Wildman–Crippen LogP) is 3.82. The van der Waals surface area contributed by atoms with Gasteiger partial charge in [0.2, 0.25) is 0 Å². The molecule has 4 rings (SSSR count). The number of nitrogens with two attached hydrogens (primary N) is 2. The van der Waals surface area contributed by atoms with Gasteiger partial charge in [0.05, 0.1) is 18.4 Å². The summed E-state index contributed by atoms with van der Waals surface area (Å²) in [5.41, 5.74) is 13.8. The predicted molar refractivity (Wildman–Crippen MR) is 126 cm³/mol. The number of carbonyl (C=O) groups is 1. The molecule has 1 aromatic carbocycles. The maximum Gasteiger partial charge on any atom is 0.252 e. The summed E-state index contributed by atoms with van der Waals surface area (Å²) in [4.78, 5) is 20.7. The lowest BCUT2D eigenvalue weighted by atomic mass is 9.91. The Labute approximate surface area is 191 Å². The third-order valence-corrected chi connectivity index (χ3v) is 5.79. The maximum absolute atomic E-state index is 14.7. The molecule has 0 bridgehead atoms. The molecule has 1 saturated carbocycles. The second kappa shape index (κ2) is 9.83. The van der Waals surface area contributed by atoms with Gasteiger partial charge in [0.25, 0.3) is 5.91 Å². The van der Waals surface area contributed by atoms with Crippen molar-refractivity contribution in [3.8, 4) is 17.0 Å². The Kier molecular flexibility index (Phi) is 6.69. The van der Waals surface area contributed by atoms with Gasteiger partial charge in [0.15, 0.2) is 11.6 Å². The molecule has 172 valence electrons. The number of aromatic nitrogens is 2. The van der Waals surface area contributed by atoms with Gasteiger partial charge >= 0.3 is 0 Å². The van der Waals surface area contributed by atoms with Crippen molar-refractivity contribution < 1.29 is 13.9 Å². The molecule has 1 aliphatic carbocycles. The third-order valence-electron chi connectivity index (χ3n) is 5.79. The van der Waals surface area contributed by atoms with E-state index in [-0.39, 0.29) is 29.3 Å². The van der Waals surface area contributed by atoms with Gasteiger partial charge in [-0.05, 0) is 55.3 Å². The highest BCUT2D eigenvalue weighted by atomic mass is 19.1. The minimum Gasteiger partial charge on any atom is -0.497 e. The summed E-state index contributed by atoms with van der Waals surface area (Å²) in [5.74, 6) is -0.501. The molecule has 6 N–H and O–H groups in total. The Morgan fingerprint density at radius 2 is 1.88 bits per heavy atom. The number of methoxy groups -OCH3 is 1. The van der Waals surface area contributed by atoms with Crippen molar-refractivity contribution >= 4 is 23.2 Å². The standard InChI is InChI=1S/C24H27FN6O2/c1-33-16-8-6-14(7-9-16)21-12-15(10-11-28-21)29-23-17(22(27)32)13-18(25)24(31-23)30-20-5-3-2-4-19(20)26/h6-13,19-20H,2-5,26H2,1H3,(H2,27,32)(H2,28,29,30,31)/t19-,20+/m0/s1. The first-order valence-electron chi connectivity index (χ1n) is 10.8. The van der Waals surface area contributed by atoms with E-state index in [1.54, 1.807) is 19.4 Å². The summed E-state index contributed by atoms with van der Waals surface area (Å²) < 4.78 is 19.9. The average Bonchev–Trinajstić information content (AvgIpc) is 2.82. The van der Waals surface area contributed by atoms with E-state index in [9.17, 15) is 9.18 Å². The Morgan fingerprint density at radius 1 is 1.12 bits per heavy atom. The highest BCUT2D eigenvalue weighted by molar-refractivity contribution is 5.98. The quantitative estimate of drug-likeness (QED) is 0.431. The molecule has 3 aromatic rings. The Morgan fingerprint density at radius 3 is 2.58 bits per heavy atom. The summed E-state index contributed by atoms with van der Waals surface area (Å²) in [6.45, 7) is 0. The second-order valence-corrected chi connectivity index (χ2v) is 8.06. The fraction of sp³-hybridized carbons (Fsp3) is 0.292. The summed E-state index contributed by atoms with van der Waals surface area (Å²) >= 11 is 0. The van der Waals surface area contributed by atoms with Gasteiger partial charge < -0.3 is 26.8 Å². The van der Waals surface area contributed by atoms with Crippen molar-refractivity contribution in [1.82, 2.24) is 9.97 Å². The van der Waals surface area contributed by atoms with Crippen LogP contribution in [0, 0.1) is 5.82 Å². The number of ether oxygens (including phenoxy) is 1. The summed E-state index contributed by atoms with van der Waals surface area (Å²) in [7, 11) is 1.61. The molecule has 33 heavy (non-hydrogen) atoms. The SMILES string of the molecule is COc1ccc(-c2cc(Nc3nc(N[C@@H]4CCCC[C@@H]4N)c(F)cc3C(N)=O)ccn2)cc1. The number of halogens is 1. The van der Waals surface area contributed by atoms with Crippen LogP contribution in [0.1, 0.15) is 36.0 Å². The van der Waals surface area contributed by atoms with Crippen LogP contribution in [0.5, 0.6) is 5.75 Å². The van der Waals surface area contributed by atoms with Gasteiger partial charge in [-0.15, -0.1) is 0 Å². The van der Waals surface area contributed by atoms with Crippen molar-refractivity contribution in [1.29, 1.82) is 0 Å². The molecule has 0 spiro atoms. The summed E-state index contributed by atoms with van der Waals surface area (Å²) in [6, 6.07) is 11.9. The molecule has 0 saturated heterocycles. The molecule has 2 heterocycles. The number of hydrogen-bond donors (Lipinski definition) is 4. The molecule has 9 heteroatoms. The highest BCUT2D eigenvalue weighted by Crippen LogP contribution is 2.28. The zero-order chi connectivity index (χ0) is 23.4. The highest BCUT2D eigenvalue weighted by Gasteiger charge is 2.24. The van der Waals surface area contributed by atoms with Gasteiger partial charge in [0.1, 0.15) is 11.6 Å². The van der Waals surface area contributed by atoms with E-state index in [1.165, 1.54) is 0 Å². The Hall–Kier alpha value is -3.72. The van der Waals surface area contributed by atoms with Crippen molar-refractivity contribution in [2.24, 2.45) is 11.5 Å². The zero-order valence-corrected chi connectivity index (χ0v) is 18.3. The lowest BCUT2D eigenvalue weighted by Gasteiger charge is -2.30. The summed E-state index contributed by atoms with van der Waals surface area (Å²) in [6.07, 6.45) is 5.41. The first kappa shape index (κ1) is 22.5. The number of nitrogens with zero attached hydrogens (tertiary/aromatic N) is 2. The molecule has 8 nitrogen and oxygen atoms in total. The zero-order valence-electron chi connectivity index (χ0n) is 18.3. The number of benzene rings is 1. The first-order valence-corrected chi connectivity index (χ1v) is 10.8. The number of rotatable bonds is 7. The van der Waals surface area contributed by atoms with Crippen molar-refractivity contribution in [3.05, 3.63) is 60.0 Å². The molecule has 0 aliphatic heterocycles. The Bertz CT molecular complexity index is 1140.